The summed E-state index contributed by atoms with van der Waals surface area (Å²) in [4.78, 5) is 0. The van der Waals surface area contributed by atoms with E-state index in [1.54, 1.807) is 0 Å². The van der Waals surface area contributed by atoms with Crippen LogP contribution in [0.5, 0.6) is 0 Å². The van der Waals surface area contributed by atoms with Crippen molar-refractivity contribution in [2.45, 2.75) is 51.4 Å². The molecular weight excluding hydrogens is 254 g/mol. The Balaban J connectivity index is 1.90. The number of benzene rings is 1. The fraction of sp³-hybridized carbons (Fsp3) is 0.444. The largest absolute Gasteiger partial charge is 0.207 e. The lowest BCUT2D eigenvalue weighted by Gasteiger charge is -2.17. The summed E-state index contributed by atoms with van der Waals surface area (Å²) < 4.78 is 26.4. The van der Waals surface area contributed by atoms with Crippen LogP contribution in [0, 0.1) is 11.6 Å². The van der Waals surface area contributed by atoms with Crippen molar-refractivity contribution in [1.29, 1.82) is 0 Å². The molecular formula is C18H22F2. The molecule has 0 N–H and O–H groups in total. The molecule has 1 aromatic rings. The van der Waals surface area contributed by atoms with E-state index in [1.165, 1.54) is 43.4 Å². The number of hydrogen-bond donors (Lipinski definition) is 0. The molecule has 1 atom stereocenters. The third-order valence-electron chi connectivity index (χ3n) is 3.81. The van der Waals surface area contributed by atoms with Gasteiger partial charge in [-0.3, -0.25) is 0 Å². The van der Waals surface area contributed by atoms with Crippen LogP contribution in [0.4, 0.5) is 8.78 Å². The first kappa shape index (κ1) is 15.0. The average molecular weight is 276 g/mol. The number of rotatable bonds is 6. The molecule has 0 bridgehead atoms. The molecule has 1 aromatic carbocycles. The Morgan fingerprint density at radius 1 is 1.05 bits per heavy atom. The summed E-state index contributed by atoms with van der Waals surface area (Å²) in [6.45, 7) is 2.21. The van der Waals surface area contributed by atoms with Gasteiger partial charge in [-0.15, -0.1) is 0 Å². The van der Waals surface area contributed by atoms with Gasteiger partial charge < -0.3 is 0 Å². The van der Waals surface area contributed by atoms with Gasteiger partial charge in [0.25, 0.3) is 0 Å². The van der Waals surface area contributed by atoms with Crippen molar-refractivity contribution >= 4 is 0 Å². The molecule has 108 valence electrons. The van der Waals surface area contributed by atoms with Gasteiger partial charge >= 0.3 is 0 Å². The van der Waals surface area contributed by atoms with Crippen molar-refractivity contribution in [3.63, 3.8) is 0 Å². The van der Waals surface area contributed by atoms with E-state index in [0.717, 1.165) is 24.5 Å². The van der Waals surface area contributed by atoms with Crippen LogP contribution in [0.25, 0.3) is 0 Å². The highest BCUT2D eigenvalue weighted by Gasteiger charge is 2.13. The van der Waals surface area contributed by atoms with E-state index < -0.39 is 11.6 Å². The molecule has 1 unspecified atom stereocenters. The lowest BCUT2D eigenvalue weighted by molar-refractivity contribution is 0.577. The van der Waals surface area contributed by atoms with Crippen molar-refractivity contribution in [3.8, 4) is 0 Å². The van der Waals surface area contributed by atoms with Crippen molar-refractivity contribution in [2.24, 2.45) is 0 Å². The van der Waals surface area contributed by atoms with Crippen LogP contribution < -0.4 is 0 Å². The van der Waals surface area contributed by atoms with Crippen molar-refractivity contribution in [2.75, 3.05) is 0 Å². The van der Waals surface area contributed by atoms with E-state index >= 15 is 0 Å². The summed E-state index contributed by atoms with van der Waals surface area (Å²) in [6, 6.07) is 3.78. The summed E-state index contributed by atoms with van der Waals surface area (Å²) in [6.07, 6.45) is 13.4. The number of unbranched alkanes of at least 4 members (excludes halogenated alkanes) is 3. The summed E-state index contributed by atoms with van der Waals surface area (Å²) in [5.74, 6) is -0.898. The average Bonchev–Trinajstić information content (AvgIpc) is 2.43. The van der Waals surface area contributed by atoms with E-state index in [2.05, 4.69) is 25.2 Å². The van der Waals surface area contributed by atoms with Crippen LogP contribution >= 0.6 is 0 Å². The van der Waals surface area contributed by atoms with Crippen LogP contribution in [-0.2, 0) is 0 Å². The van der Waals surface area contributed by atoms with Gasteiger partial charge in [0.1, 0.15) is 11.6 Å². The second kappa shape index (κ2) is 7.37. The molecule has 0 saturated heterocycles. The molecule has 0 aliphatic heterocycles. The van der Waals surface area contributed by atoms with Crippen molar-refractivity contribution in [3.05, 3.63) is 59.2 Å². The molecule has 0 aromatic heterocycles. The third-order valence-corrected chi connectivity index (χ3v) is 3.81. The number of halogens is 2. The Bertz CT molecular complexity index is 480. The number of allylic oxidation sites excluding steroid dienone is 4. The van der Waals surface area contributed by atoms with Gasteiger partial charge in [-0.1, -0.05) is 50.0 Å². The topological polar surface area (TPSA) is 0 Å². The van der Waals surface area contributed by atoms with Crippen molar-refractivity contribution < 1.29 is 8.78 Å². The minimum Gasteiger partial charge on any atom is -0.207 e. The molecule has 2 heteroatoms. The van der Waals surface area contributed by atoms with Crippen LogP contribution in [0.3, 0.4) is 0 Å². The zero-order chi connectivity index (χ0) is 14.4. The van der Waals surface area contributed by atoms with Gasteiger partial charge in [-0.2, -0.15) is 0 Å². The Labute approximate surface area is 120 Å². The second-order valence-electron chi connectivity index (χ2n) is 5.49. The maximum Gasteiger partial charge on any atom is 0.126 e. The lowest BCUT2D eigenvalue weighted by atomic mass is 9.89. The predicted molar refractivity (Wildman–Crippen MR) is 79.7 cm³/mol. The highest BCUT2D eigenvalue weighted by atomic mass is 19.1. The fourth-order valence-electron chi connectivity index (χ4n) is 2.64. The first-order valence-electron chi connectivity index (χ1n) is 7.52. The molecule has 1 aliphatic rings. The molecule has 0 radical (unpaired) electrons. The van der Waals surface area contributed by atoms with E-state index in [1.807, 2.05) is 0 Å². The quantitative estimate of drug-likeness (QED) is 0.567. The summed E-state index contributed by atoms with van der Waals surface area (Å²) in [5.41, 5.74) is 2.08. The smallest absolute Gasteiger partial charge is 0.126 e. The number of hydrogen-bond acceptors (Lipinski definition) is 0. The Kier molecular flexibility index (Phi) is 5.51. The van der Waals surface area contributed by atoms with Gasteiger partial charge in [0.05, 0.1) is 0 Å². The second-order valence-corrected chi connectivity index (χ2v) is 5.49. The van der Waals surface area contributed by atoms with Gasteiger partial charge in [0.15, 0.2) is 0 Å². The zero-order valence-corrected chi connectivity index (χ0v) is 12.0. The summed E-state index contributed by atoms with van der Waals surface area (Å²) in [5, 5.41) is 0. The zero-order valence-electron chi connectivity index (χ0n) is 12.0. The van der Waals surface area contributed by atoms with Gasteiger partial charge in [-0.05, 0) is 37.0 Å². The first-order chi connectivity index (χ1) is 9.69. The molecule has 20 heavy (non-hydrogen) atoms. The van der Waals surface area contributed by atoms with Gasteiger partial charge in [-0.25, -0.2) is 8.78 Å². The highest BCUT2D eigenvalue weighted by molar-refractivity contribution is 5.33. The normalized spacial score (nSPS) is 18.1. The molecule has 0 nitrogen and oxygen atoms in total. The maximum absolute atomic E-state index is 13.2. The molecule has 0 heterocycles. The standard InChI is InChI=1S/C18H22F2/c1-2-3-4-5-6-14-7-9-15(10-8-14)16-11-17(19)13-18(20)12-16/h7-9,11-13,15H,2-6,10H2,1H3. The van der Waals surface area contributed by atoms with E-state index in [4.69, 9.17) is 0 Å². The minimum absolute atomic E-state index is 0.0968. The van der Waals surface area contributed by atoms with Gasteiger partial charge in [0.2, 0.25) is 0 Å². The molecule has 0 spiro atoms. The first-order valence-corrected chi connectivity index (χ1v) is 7.52. The Hall–Kier alpha value is -1.44. The van der Waals surface area contributed by atoms with Crippen LogP contribution in [0.1, 0.15) is 56.9 Å². The SMILES string of the molecule is CCCCCCC1=CCC(c2cc(F)cc(F)c2)C=C1. The van der Waals surface area contributed by atoms with Crippen LogP contribution in [0.2, 0.25) is 0 Å². The fourth-order valence-corrected chi connectivity index (χ4v) is 2.64. The van der Waals surface area contributed by atoms with E-state index in [-0.39, 0.29) is 5.92 Å². The third kappa shape index (κ3) is 4.29. The Morgan fingerprint density at radius 3 is 2.40 bits per heavy atom. The summed E-state index contributed by atoms with van der Waals surface area (Å²) in [7, 11) is 0. The maximum atomic E-state index is 13.2. The molecule has 0 amide bonds. The molecule has 2 rings (SSSR count). The minimum atomic E-state index is -0.497. The van der Waals surface area contributed by atoms with Crippen LogP contribution in [-0.4, -0.2) is 0 Å². The summed E-state index contributed by atoms with van der Waals surface area (Å²) >= 11 is 0. The van der Waals surface area contributed by atoms with Gasteiger partial charge in [0, 0.05) is 12.0 Å². The highest BCUT2D eigenvalue weighted by Crippen LogP contribution is 2.29. The predicted octanol–water partition coefficient (Wildman–Crippen LogP) is 5.91. The Morgan fingerprint density at radius 2 is 1.80 bits per heavy atom. The molecule has 1 aliphatic carbocycles. The van der Waals surface area contributed by atoms with E-state index in [9.17, 15) is 8.78 Å². The van der Waals surface area contributed by atoms with Crippen LogP contribution in [0.15, 0.2) is 42.0 Å². The van der Waals surface area contributed by atoms with Crippen molar-refractivity contribution in [1.82, 2.24) is 0 Å². The molecule has 0 saturated carbocycles. The van der Waals surface area contributed by atoms with E-state index in [0.29, 0.717) is 0 Å². The monoisotopic (exact) mass is 276 g/mol. The molecule has 0 fully saturated rings. The lowest BCUT2D eigenvalue weighted by Crippen LogP contribution is -2.00.